The van der Waals surface area contributed by atoms with Crippen LogP contribution in [0.2, 0.25) is 0 Å². The molecule has 5 rings (SSSR count). The van der Waals surface area contributed by atoms with Gasteiger partial charge in [0.15, 0.2) is 17.3 Å². The van der Waals surface area contributed by atoms with Gasteiger partial charge in [0.25, 0.3) is 0 Å². The fraction of sp³-hybridized carbons (Fsp3) is 0.160. The van der Waals surface area contributed by atoms with Crippen LogP contribution in [0.15, 0.2) is 66.9 Å². The van der Waals surface area contributed by atoms with Gasteiger partial charge in [0.2, 0.25) is 6.79 Å². The molecule has 0 aliphatic carbocycles. The van der Waals surface area contributed by atoms with Gasteiger partial charge in [0.1, 0.15) is 11.5 Å². The molecule has 3 aromatic carbocycles. The van der Waals surface area contributed by atoms with Crippen molar-refractivity contribution in [3.8, 4) is 28.4 Å². The summed E-state index contributed by atoms with van der Waals surface area (Å²) in [6, 6.07) is 17.2. The van der Waals surface area contributed by atoms with Crippen LogP contribution in [-0.4, -0.2) is 16.6 Å². The van der Waals surface area contributed by atoms with Crippen molar-refractivity contribution < 1.29 is 18.3 Å². The Balaban J connectivity index is 1.43. The topological polar surface area (TPSA) is 48.3 Å². The summed E-state index contributed by atoms with van der Waals surface area (Å²) in [4.78, 5) is 0. The van der Waals surface area contributed by atoms with Gasteiger partial charge < -0.3 is 14.8 Å². The molecule has 0 saturated heterocycles. The lowest BCUT2D eigenvalue weighted by Gasteiger charge is -2.08. The second-order valence-electron chi connectivity index (χ2n) is 7.65. The Kier molecular flexibility index (Phi) is 5.33. The molecule has 0 atom stereocenters. The van der Waals surface area contributed by atoms with Crippen molar-refractivity contribution in [1.29, 1.82) is 0 Å². The number of ether oxygens (including phenoxy) is 2. The molecule has 2 heterocycles. The van der Waals surface area contributed by atoms with Gasteiger partial charge in [-0.25, -0.2) is 13.5 Å². The maximum atomic E-state index is 14.4. The third-order valence-corrected chi connectivity index (χ3v) is 5.43. The van der Waals surface area contributed by atoms with E-state index < -0.39 is 11.6 Å². The molecule has 0 unspecified atom stereocenters. The van der Waals surface area contributed by atoms with E-state index in [1.165, 1.54) is 16.8 Å². The van der Waals surface area contributed by atoms with Crippen LogP contribution in [-0.2, 0) is 13.1 Å². The highest BCUT2D eigenvalue weighted by Crippen LogP contribution is 2.32. The smallest absolute Gasteiger partial charge is 0.231 e. The number of aromatic nitrogens is 2. The molecule has 0 saturated carbocycles. The van der Waals surface area contributed by atoms with Gasteiger partial charge in [-0.3, -0.25) is 0 Å². The number of hydrogen-bond donors (Lipinski definition) is 1. The fourth-order valence-corrected chi connectivity index (χ4v) is 3.79. The summed E-state index contributed by atoms with van der Waals surface area (Å²) in [5.74, 6) is 0.203. The summed E-state index contributed by atoms with van der Waals surface area (Å²) in [6.07, 6.45) is 1.78. The number of benzene rings is 3. The fourth-order valence-electron chi connectivity index (χ4n) is 3.79. The van der Waals surface area contributed by atoms with Crippen LogP contribution < -0.4 is 14.8 Å². The number of halogens is 2. The first-order chi connectivity index (χ1) is 15.6. The Morgan fingerprint density at radius 2 is 1.81 bits per heavy atom. The Hall–Kier alpha value is -3.71. The lowest BCUT2D eigenvalue weighted by atomic mass is 10.0. The van der Waals surface area contributed by atoms with E-state index in [4.69, 9.17) is 9.47 Å². The molecule has 0 radical (unpaired) electrons. The number of hydrogen-bond acceptors (Lipinski definition) is 4. The summed E-state index contributed by atoms with van der Waals surface area (Å²) < 4.78 is 40.0. The molecule has 4 aromatic rings. The van der Waals surface area contributed by atoms with Crippen molar-refractivity contribution in [1.82, 2.24) is 15.1 Å². The first-order valence-electron chi connectivity index (χ1n) is 10.3. The molecule has 1 aliphatic rings. The molecule has 1 aromatic heterocycles. The first-order valence-corrected chi connectivity index (χ1v) is 10.3. The third-order valence-electron chi connectivity index (χ3n) is 5.43. The largest absolute Gasteiger partial charge is 0.454 e. The van der Waals surface area contributed by atoms with E-state index >= 15 is 0 Å². The monoisotopic (exact) mass is 433 g/mol. The number of nitrogens with zero attached hydrogens (tertiary/aromatic N) is 2. The SMILES string of the molecule is Cc1ccccc1-c1nn(-c2ccc(F)cc2F)cc1CNCc1ccc2c(c1)OCO2. The second kappa shape index (κ2) is 8.43. The summed E-state index contributed by atoms with van der Waals surface area (Å²) in [6.45, 7) is 3.38. The van der Waals surface area contributed by atoms with Crippen LogP contribution in [0, 0.1) is 18.6 Å². The highest BCUT2D eigenvalue weighted by Gasteiger charge is 2.17. The van der Waals surface area contributed by atoms with E-state index in [-0.39, 0.29) is 12.5 Å². The van der Waals surface area contributed by atoms with Crippen molar-refractivity contribution in [2.45, 2.75) is 20.0 Å². The molecule has 0 amide bonds. The van der Waals surface area contributed by atoms with Gasteiger partial charge in [-0.15, -0.1) is 0 Å². The average Bonchev–Trinajstić information content (AvgIpc) is 3.41. The Bertz CT molecular complexity index is 1290. The quantitative estimate of drug-likeness (QED) is 0.457. The highest BCUT2D eigenvalue weighted by molar-refractivity contribution is 5.67. The highest BCUT2D eigenvalue weighted by atomic mass is 19.1. The van der Waals surface area contributed by atoms with Crippen molar-refractivity contribution in [2.75, 3.05) is 6.79 Å². The maximum absolute atomic E-state index is 14.4. The van der Waals surface area contributed by atoms with Crippen LogP contribution in [0.4, 0.5) is 8.78 Å². The minimum atomic E-state index is -0.663. The zero-order chi connectivity index (χ0) is 22.1. The minimum absolute atomic E-state index is 0.197. The van der Waals surface area contributed by atoms with Crippen LogP contribution in [0.3, 0.4) is 0 Å². The first kappa shape index (κ1) is 20.2. The van der Waals surface area contributed by atoms with Crippen molar-refractivity contribution in [3.63, 3.8) is 0 Å². The second-order valence-corrected chi connectivity index (χ2v) is 7.65. The van der Waals surface area contributed by atoms with E-state index in [2.05, 4.69) is 10.4 Å². The summed E-state index contributed by atoms with van der Waals surface area (Å²) in [5.41, 5.74) is 4.95. The van der Waals surface area contributed by atoms with E-state index in [1.807, 2.05) is 49.4 Å². The standard InChI is InChI=1S/C25H21F2N3O2/c1-16-4-2-3-5-20(16)25-18(14-30(29-25)22-8-7-19(26)11-21(22)27)13-28-12-17-6-9-23-24(10-17)32-15-31-23/h2-11,14,28H,12-13,15H2,1H3. The molecule has 1 aliphatic heterocycles. The normalized spacial score (nSPS) is 12.3. The summed E-state index contributed by atoms with van der Waals surface area (Å²) >= 11 is 0. The molecule has 1 N–H and O–H groups in total. The van der Waals surface area contributed by atoms with Crippen LogP contribution in [0.1, 0.15) is 16.7 Å². The molecule has 0 fully saturated rings. The van der Waals surface area contributed by atoms with Crippen molar-refractivity contribution in [2.24, 2.45) is 0 Å². The third kappa shape index (κ3) is 3.94. The number of fused-ring (bicyclic) bond motifs is 1. The van der Waals surface area contributed by atoms with E-state index in [0.717, 1.165) is 45.5 Å². The van der Waals surface area contributed by atoms with Gasteiger partial charge in [0, 0.05) is 36.5 Å². The molecule has 32 heavy (non-hydrogen) atoms. The molecule has 162 valence electrons. The number of aryl methyl sites for hydroxylation is 1. The lowest BCUT2D eigenvalue weighted by molar-refractivity contribution is 0.174. The lowest BCUT2D eigenvalue weighted by Crippen LogP contribution is -2.13. The zero-order valence-corrected chi connectivity index (χ0v) is 17.4. The molecule has 5 nitrogen and oxygen atoms in total. The van der Waals surface area contributed by atoms with Crippen molar-refractivity contribution >= 4 is 0 Å². The molecule has 0 spiro atoms. The zero-order valence-electron chi connectivity index (χ0n) is 17.4. The van der Waals surface area contributed by atoms with Gasteiger partial charge in [0.05, 0.1) is 5.69 Å². The van der Waals surface area contributed by atoms with Gasteiger partial charge in [-0.1, -0.05) is 30.3 Å². The Morgan fingerprint density at radius 3 is 2.66 bits per heavy atom. The van der Waals surface area contributed by atoms with Gasteiger partial charge >= 0.3 is 0 Å². The van der Waals surface area contributed by atoms with Crippen molar-refractivity contribution in [3.05, 3.63) is 95.2 Å². The Morgan fingerprint density at radius 1 is 0.969 bits per heavy atom. The van der Waals surface area contributed by atoms with Gasteiger partial charge in [-0.05, 0) is 42.3 Å². The number of nitrogens with one attached hydrogen (secondary N) is 1. The average molecular weight is 433 g/mol. The minimum Gasteiger partial charge on any atom is -0.454 e. The van der Waals surface area contributed by atoms with Crippen LogP contribution in [0.25, 0.3) is 16.9 Å². The van der Waals surface area contributed by atoms with Crippen LogP contribution in [0.5, 0.6) is 11.5 Å². The predicted octanol–water partition coefficient (Wildman–Crippen LogP) is 5.14. The molecule has 0 bridgehead atoms. The van der Waals surface area contributed by atoms with Crippen LogP contribution >= 0.6 is 0 Å². The number of rotatable bonds is 6. The maximum Gasteiger partial charge on any atom is 0.231 e. The summed E-state index contributed by atoms with van der Waals surface area (Å²) in [5, 5.41) is 8.08. The molecular weight excluding hydrogens is 412 g/mol. The van der Waals surface area contributed by atoms with E-state index in [0.29, 0.717) is 13.1 Å². The van der Waals surface area contributed by atoms with E-state index in [9.17, 15) is 8.78 Å². The molecule has 7 heteroatoms. The van der Waals surface area contributed by atoms with Gasteiger partial charge in [-0.2, -0.15) is 5.10 Å². The predicted molar refractivity (Wildman–Crippen MR) is 117 cm³/mol. The Labute approximate surface area is 184 Å². The summed E-state index contributed by atoms with van der Waals surface area (Å²) in [7, 11) is 0. The van der Waals surface area contributed by atoms with E-state index in [1.54, 1.807) is 6.20 Å². The molecular formula is C25H21F2N3O2.